The molecule has 0 aromatic carbocycles. The minimum Gasteiger partial charge on any atom is -0.504 e. The van der Waals surface area contributed by atoms with Gasteiger partial charge in [0.1, 0.15) is 5.52 Å². The van der Waals surface area contributed by atoms with E-state index in [9.17, 15) is 5.11 Å². The number of aromatic hydroxyl groups is 1. The van der Waals surface area contributed by atoms with Gasteiger partial charge >= 0.3 is 0 Å². The molecule has 3 heteroatoms. The number of hydrogen-bond acceptors (Lipinski definition) is 3. The van der Waals surface area contributed by atoms with Gasteiger partial charge in [-0.05, 0) is 25.0 Å². The van der Waals surface area contributed by atoms with E-state index in [1.807, 2.05) is 12.1 Å². The van der Waals surface area contributed by atoms with E-state index in [0.717, 1.165) is 23.9 Å². The van der Waals surface area contributed by atoms with Crippen LogP contribution in [0.3, 0.4) is 0 Å². The van der Waals surface area contributed by atoms with Crippen LogP contribution in [-0.2, 0) is 0 Å². The highest BCUT2D eigenvalue weighted by atomic mass is 16.3. The fourth-order valence-corrected chi connectivity index (χ4v) is 1.70. The second-order valence-corrected chi connectivity index (χ2v) is 3.71. The molecule has 0 bridgehead atoms. The number of rotatable bonds is 1. The number of pyridine rings is 2. The second-order valence-electron chi connectivity index (χ2n) is 3.71. The second kappa shape index (κ2) is 2.67. The SMILES string of the molecule is Oc1c(C2CC2)ncc2cccnc12. The maximum Gasteiger partial charge on any atom is 0.163 e. The molecule has 0 radical (unpaired) electrons. The third-order valence-electron chi connectivity index (χ3n) is 2.61. The van der Waals surface area contributed by atoms with Crippen LogP contribution in [0, 0.1) is 0 Å². The van der Waals surface area contributed by atoms with Crippen molar-refractivity contribution in [3.8, 4) is 5.75 Å². The fourth-order valence-electron chi connectivity index (χ4n) is 1.70. The van der Waals surface area contributed by atoms with Crippen LogP contribution in [0.15, 0.2) is 24.5 Å². The third kappa shape index (κ3) is 1.05. The van der Waals surface area contributed by atoms with Crippen LogP contribution in [0.4, 0.5) is 0 Å². The number of fused-ring (bicyclic) bond motifs is 1. The predicted molar refractivity (Wildman–Crippen MR) is 53.2 cm³/mol. The van der Waals surface area contributed by atoms with Gasteiger partial charge in [0.2, 0.25) is 0 Å². The van der Waals surface area contributed by atoms with E-state index in [1.54, 1.807) is 12.4 Å². The van der Waals surface area contributed by atoms with Crippen LogP contribution in [-0.4, -0.2) is 15.1 Å². The Hall–Kier alpha value is -1.64. The standard InChI is InChI=1S/C11H10N2O/c14-11-9(7-3-4-7)13-6-8-2-1-5-12-10(8)11/h1-2,5-7,14H,3-4H2. The summed E-state index contributed by atoms with van der Waals surface area (Å²) in [5, 5.41) is 10.8. The van der Waals surface area contributed by atoms with Gasteiger partial charge in [-0.3, -0.25) is 9.97 Å². The molecule has 14 heavy (non-hydrogen) atoms. The van der Waals surface area contributed by atoms with Gasteiger partial charge in [-0.15, -0.1) is 0 Å². The van der Waals surface area contributed by atoms with Gasteiger partial charge in [-0.1, -0.05) is 0 Å². The first-order valence-electron chi connectivity index (χ1n) is 4.79. The van der Waals surface area contributed by atoms with Crippen molar-refractivity contribution in [1.29, 1.82) is 0 Å². The zero-order chi connectivity index (χ0) is 9.54. The highest BCUT2D eigenvalue weighted by Gasteiger charge is 2.28. The Bertz CT molecular complexity index is 492. The van der Waals surface area contributed by atoms with Crippen LogP contribution >= 0.6 is 0 Å². The van der Waals surface area contributed by atoms with Gasteiger partial charge in [-0.2, -0.15) is 0 Å². The minimum atomic E-state index is 0.269. The van der Waals surface area contributed by atoms with E-state index in [2.05, 4.69) is 9.97 Å². The lowest BCUT2D eigenvalue weighted by molar-refractivity contribution is 0.469. The van der Waals surface area contributed by atoms with Gasteiger partial charge < -0.3 is 5.11 Å². The first-order chi connectivity index (χ1) is 6.86. The average Bonchev–Trinajstić information content (AvgIpc) is 3.03. The Kier molecular flexibility index (Phi) is 1.48. The largest absolute Gasteiger partial charge is 0.504 e. The van der Waals surface area contributed by atoms with E-state index in [0.29, 0.717) is 11.4 Å². The predicted octanol–water partition coefficient (Wildman–Crippen LogP) is 2.21. The van der Waals surface area contributed by atoms with Crippen molar-refractivity contribution in [3.63, 3.8) is 0 Å². The number of aromatic nitrogens is 2. The Morgan fingerprint density at radius 1 is 1.29 bits per heavy atom. The van der Waals surface area contributed by atoms with Crippen molar-refractivity contribution in [2.75, 3.05) is 0 Å². The van der Waals surface area contributed by atoms with Gasteiger partial charge in [0.05, 0.1) is 5.69 Å². The summed E-state index contributed by atoms with van der Waals surface area (Å²) < 4.78 is 0. The summed E-state index contributed by atoms with van der Waals surface area (Å²) in [7, 11) is 0. The topological polar surface area (TPSA) is 46.0 Å². The molecule has 2 heterocycles. The lowest BCUT2D eigenvalue weighted by Crippen LogP contribution is -1.89. The summed E-state index contributed by atoms with van der Waals surface area (Å²) in [5.41, 5.74) is 1.49. The summed E-state index contributed by atoms with van der Waals surface area (Å²) in [4.78, 5) is 8.44. The molecule has 70 valence electrons. The quantitative estimate of drug-likeness (QED) is 0.742. The van der Waals surface area contributed by atoms with Crippen molar-refractivity contribution in [1.82, 2.24) is 9.97 Å². The summed E-state index contributed by atoms with van der Waals surface area (Å²) in [6.45, 7) is 0. The molecule has 0 saturated heterocycles. The van der Waals surface area contributed by atoms with E-state index in [4.69, 9.17) is 0 Å². The molecular formula is C11H10N2O. The molecule has 0 atom stereocenters. The van der Waals surface area contributed by atoms with E-state index >= 15 is 0 Å². The third-order valence-corrected chi connectivity index (χ3v) is 2.61. The Balaban J connectivity index is 2.30. The van der Waals surface area contributed by atoms with E-state index in [-0.39, 0.29) is 5.75 Å². The molecule has 0 aliphatic heterocycles. The molecule has 1 N–H and O–H groups in total. The van der Waals surface area contributed by atoms with Crippen LogP contribution < -0.4 is 0 Å². The average molecular weight is 186 g/mol. The van der Waals surface area contributed by atoms with Gasteiger partial charge in [-0.25, -0.2) is 0 Å². The Morgan fingerprint density at radius 3 is 2.93 bits per heavy atom. The fraction of sp³-hybridized carbons (Fsp3) is 0.273. The molecule has 0 amide bonds. The zero-order valence-electron chi connectivity index (χ0n) is 7.64. The maximum atomic E-state index is 9.93. The van der Waals surface area contributed by atoms with E-state index in [1.165, 1.54) is 0 Å². The normalized spacial score (nSPS) is 16.0. The summed E-state index contributed by atoms with van der Waals surface area (Å²) in [6.07, 6.45) is 5.76. The highest BCUT2D eigenvalue weighted by molar-refractivity contribution is 5.84. The molecule has 0 spiro atoms. The number of nitrogens with zero attached hydrogens (tertiary/aromatic N) is 2. The molecule has 0 unspecified atom stereocenters. The molecule has 2 aromatic heterocycles. The Labute approximate surface area is 81.4 Å². The molecule has 1 aliphatic rings. The number of hydrogen-bond donors (Lipinski definition) is 1. The van der Waals surface area contributed by atoms with Crippen molar-refractivity contribution < 1.29 is 5.11 Å². The maximum absolute atomic E-state index is 9.93. The molecule has 1 fully saturated rings. The lowest BCUT2D eigenvalue weighted by Gasteiger charge is -2.04. The molecule has 1 aliphatic carbocycles. The first kappa shape index (κ1) is 7.74. The first-order valence-corrected chi connectivity index (χ1v) is 4.79. The van der Waals surface area contributed by atoms with Crippen LogP contribution in [0.5, 0.6) is 5.75 Å². The molecular weight excluding hydrogens is 176 g/mol. The zero-order valence-corrected chi connectivity index (χ0v) is 7.64. The summed E-state index contributed by atoms with van der Waals surface area (Å²) >= 11 is 0. The van der Waals surface area contributed by atoms with Gasteiger partial charge in [0.15, 0.2) is 5.75 Å². The summed E-state index contributed by atoms with van der Waals surface area (Å²) in [6, 6.07) is 3.76. The van der Waals surface area contributed by atoms with Crippen molar-refractivity contribution in [2.45, 2.75) is 18.8 Å². The van der Waals surface area contributed by atoms with Crippen LogP contribution in [0.1, 0.15) is 24.5 Å². The van der Waals surface area contributed by atoms with E-state index < -0.39 is 0 Å². The van der Waals surface area contributed by atoms with Crippen molar-refractivity contribution in [3.05, 3.63) is 30.2 Å². The molecule has 2 aromatic rings. The Morgan fingerprint density at radius 2 is 2.14 bits per heavy atom. The lowest BCUT2D eigenvalue weighted by atomic mass is 10.2. The smallest absolute Gasteiger partial charge is 0.163 e. The monoisotopic (exact) mass is 186 g/mol. The molecule has 1 saturated carbocycles. The summed E-state index contributed by atoms with van der Waals surface area (Å²) in [5.74, 6) is 0.729. The van der Waals surface area contributed by atoms with Crippen molar-refractivity contribution in [2.24, 2.45) is 0 Å². The van der Waals surface area contributed by atoms with Gasteiger partial charge in [0.25, 0.3) is 0 Å². The minimum absolute atomic E-state index is 0.269. The van der Waals surface area contributed by atoms with Gasteiger partial charge in [0, 0.05) is 23.7 Å². The van der Waals surface area contributed by atoms with Crippen molar-refractivity contribution >= 4 is 10.9 Å². The molecule has 3 nitrogen and oxygen atoms in total. The van der Waals surface area contributed by atoms with Crippen LogP contribution in [0.2, 0.25) is 0 Å². The molecule has 3 rings (SSSR count). The van der Waals surface area contributed by atoms with Crippen LogP contribution in [0.25, 0.3) is 10.9 Å². The highest BCUT2D eigenvalue weighted by Crippen LogP contribution is 2.44.